The summed E-state index contributed by atoms with van der Waals surface area (Å²) in [5.74, 6) is 0.350. The quantitative estimate of drug-likeness (QED) is 0.708. The molecule has 0 radical (unpaired) electrons. The Balaban J connectivity index is 1.58. The molecule has 1 amide bonds. The number of fused-ring (bicyclic) bond motifs is 1. The van der Waals surface area contributed by atoms with E-state index < -0.39 is 10.0 Å². The van der Waals surface area contributed by atoms with Gasteiger partial charge in [-0.05, 0) is 35.7 Å². The maximum atomic E-state index is 13.0. The zero-order chi connectivity index (χ0) is 21.0. The summed E-state index contributed by atoms with van der Waals surface area (Å²) in [6, 6.07) is 13.0. The Morgan fingerprint density at radius 2 is 1.79 bits per heavy atom. The maximum Gasteiger partial charge on any atom is 0.243 e. The topological polar surface area (TPSA) is 70.9 Å². The third-order valence-corrected chi connectivity index (χ3v) is 7.46. The summed E-state index contributed by atoms with van der Waals surface area (Å²) in [6.45, 7) is 4.56. The van der Waals surface area contributed by atoms with E-state index in [9.17, 15) is 13.2 Å². The van der Waals surface area contributed by atoms with Crippen LogP contribution in [0.3, 0.4) is 0 Å². The van der Waals surface area contributed by atoms with Gasteiger partial charge in [0.05, 0.1) is 25.5 Å². The molecule has 29 heavy (non-hydrogen) atoms. The highest BCUT2D eigenvalue weighted by molar-refractivity contribution is 7.89. The van der Waals surface area contributed by atoms with Crippen LogP contribution < -0.4 is 10.2 Å². The number of piperidine rings is 1. The minimum Gasteiger partial charge on any atom is -0.355 e. The van der Waals surface area contributed by atoms with Gasteiger partial charge in [-0.25, -0.2) is 8.42 Å². The Morgan fingerprint density at radius 3 is 2.45 bits per heavy atom. The molecular weight excluding hydrogens is 386 g/mol. The molecule has 1 fully saturated rings. The summed E-state index contributed by atoms with van der Waals surface area (Å²) >= 11 is 0. The van der Waals surface area contributed by atoms with E-state index in [2.05, 4.69) is 26.3 Å². The van der Waals surface area contributed by atoms with Gasteiger partial charge in [0, 0.05) is 31.5 Å². The number of quaternary nitrogens is 1. The monoisotopic (exact) mass is 418 g/mol. The number of amides is 1. The van der Waals surface area contributed by atoms with Crippen LogP contribution in [0.4, 0.5) is 0 Å². The predicted octanol–water partition coefficient (Wildman–Crippen LogP) is 1.14. The molecule has 7 heteroatoms. The van der Waals surface area contributed by atoms with Gasteiger partial charge in [-0.15, -0.1) is 0 Å². The maximum absolute atomic E-state index is 13.0. The first-order chi connectivity index (χ1) is 13.8. The van der Waals surface area contributed by atoms with Crippen LogP contribution in [0.25, 0.3) is 10.8 Å². The standard InChI is InChI=1S/C22H31N3O3S/c1-17(16-24(2)3)15-23-22(26)19-10-12-25(13-11-19)29(27,28)21-9-8-18-6-4-5-7-20(18)14-21/h4-9,14,17,19H,10-13,15-16H2,1-3H3,(H,23,26)/p+1/t17-/m0/s1. The van der Waals surface area contributed by atoms with Gasteiger partial charge in [-0.2, -0.15) is 4.31 Å². The molecule has 1 heterocycles. The largest absolute Gasteiger partial charge is 0.355 e. The van der Waals surface area contributed by atoms with Gasteiger partial charge < -0.3 is 10.2 Å². The second-order valence-electron chi connectivity index (χ2n) is 8.45. The summed E-state index contributed by atoms with van der Waals surface area (Å²) in [5.41, 5.74) is 0. The van der Waals surface area contributed by atoms with Gasteiger partial charge in [0.15, 0.2) is 0 Å². The van der Waals surface area contributed by atoms with E-state index in [-0.39, 0.29) is 11.8 Å². The first kappa shape index (κ1) is 21.7. The van der Waals surface area contributed by atoms with Crippen molar-refractivity contribution in [2.45, 2.75) is 24.7 Å². The zero-order valence-corrected chi connectivity index (χ0v) is 18.3. The van der Waals surface area contributed by atoms with Gasteiger partial charge >= 0.3 is 0 Å². The summed E-state index contributed by atoms with van der Waals surface area (Å²) in [4.78, 5) is 14.2. The third-order valence-electron chi connectivity index (χ3n) is 5.56. The van der Waals surface area contributed by atoms with Crippen LogP contribution in [-0.4, -0.2) is 58.9 Å². The lowest BCUT2D eigenvalue weighted by Crippen LogP contribution is -3.06. The Hall–Kier alpha value is -1.96. The van der Waals surface area contributed by atoms with Crippen molar-refractivity contribution in [1.82, 2.24) is 9.62 Å². The van der Waals surface area contributed by atoms with E-state index in [4.69, 9.17) is 0 Å². The molecular formula is C22H32N3O3S+. The van der Waals surface area contributed by atoms with Crippen molar-refractivity contribution < 1.29 is 18.1 Å². The van der Waals surface area contributed by atoms with Gasteiger partial charge in [-0.1, -0.05) is 37.3 Å². The molecule has 2 aromatic carbocycles. The molecule has 1 atom stereocenters. The van der Waals surface area contributed by atoms with Crippen molar-refractivity contribution in [1.29, 1.82) is 0 Å². The number of hydrogen-bond donors (Lipinski definition) is 2. The van der Waals surface area contributed by atoms with Gasteiger partial charge in [0.1, 0.15) is 0 Å². The number of carbonyl (C=O) groups is 1. The second kappa shape index (κ2) is 9.24. The predicted molar refractivity (Wildman–Crippen MR) is 115 cm³/mol. The van der Waals surface area contributed by atoms with Gasteiger partial charge in [-0.3, -0.25) is 4.79 Å². The average Bonchev–Trinajstić information content (AvgIpc) is 2.71. The number of benzene rings is 2. The van der Waals surface area contributed by atoms with Crippen LogP contribution in [0.1, 0.15) is 19.8 Å². The minimum atomic E-state index is -3.54. The fourth-order valence-electron chi connectivity index (χ4n) is 4.02. The normalized spacial score (nSPS) is 17.5. The highest BCUT2D eigenvalue weighted by Gasteiger charge is 2.32. The van der Waals surface area contributed by atoms with E-state index in [0.29, 0.717) is 43.3 Å². The highest BCUT2D eigenvalue weighted by atomic mass is 32.2. The summed E-state index contributed by atoms with van der Waals surface area (Å²) in [6.07, 6.45) is 1.12. The van der Waals surface area contributed by atoms with Crippen LogP contribution in [-0.2, 0) is 14.8 Å². The molecule has 2 aromatic rings. The van der Waals surface area contributed by atoms with E-state index in [1.165, 1.54) is 9.21 Å². The number of rotatable bonds is 7. The van der Waals surface area contributed by atoms with E-state index >= 15 is 0 Å². The lowest BCUT2D eigenvalue weighted by Gasteiger charge is -2.30. The number of hydrogen-bond acceptors (Lipinski definition) is 3. The van der Waals surface area contributed by atoms with Crippen molar-refractivity contribution in [2.24, 2.45) is 11.8 Å². The molecule has 0 spiro atoms. The molecule has 0 unspecified atom stereocenters. The summed E-state index contributed by atoms with van der Waals surface area (Å²) < 4.78 is 27.6. The summed E-state index contributed by atoms with van der Waals surface area (Å²) in [7, 11) is 0.659. The molecule has 0 aliphatic carbocycles. The van der Waals surface area contributed by atoms with Gasteiger partial charge in [0.25, 0.3) is 0 Å². The smallest absolute Gasteiger partial charge is 0.243 e. The van der Waals surface area contributed by atoms with E-state index in [1.807, 2.05) is 30.3 Å². The number of nitrogens with one attached hydrogen (secondary N) is 2. The number of nitrogens with zero attached hydrogens (tertiary/aromatic N) is 1. The lowest BCUT2D eigenvalue weighted by atomic mass is 9.97. The molecule has 158 valence electrons. The second-order valence-corrected chi connectivity index (χ2v) is 10.4. The Morgan fingerprint density at radius 1 is 1.14 bits per heavy atom. The molecule has 0 bridgehead atoms. The average molecular weight is 419 g/mol. The fourth-order valence-corrected chi connectivity index (χ4v) is 5.53. The van der Waals surface area contributed by atoms with Crippen LogP contribution in [0.2, 0.25) is 0 Å². The third kappa shape index (κ3) is 5.35. The molecule has 0 saturated carbocycles. The SMILES string of the molecule is C[C@@H](CNC(=O)C1CCN(S(=O)(=O)c2ccc3ccccc3c2)CC1)C[NH+](C)C. The molecule has 1 aliphatic rings. The first-order valence-corrected chi connectivity index (χ1v) is 11.8. The lowest BCUT2D eigenvalue weighted by molar-refractivity contribution is -0.861. The fraction of sp³-hybridized carbons (Fsp3) is 0.500. The molecule has 1 aliphatic heterocycles. The number of carbonyl (C=O) groups excluding carboxylic acids is 1. The number of sulfonamides is 1. The van der Waals surface area contributed by atoms with Crippen molar-refractivity contribution in [3.05, 3.63) is 42.5 Å². The first-order valence-electron chi connectivity index (χ1n) is 10.3. The Bertz CT molecular complexity index is 951. The molecule has 2 N–H and O–H groups in total. The molecule has 0 aromatic heterocycles. The molecule has 6 nitrogen and oxygen atoms in total. The Labute approximate surface area is 173 Å². The zero-order valence-electron chi connectivity index (χ0n) is 17.5. The van der Waals surface area contributed by atoms with E-state index in [1.54, 1.807) is 12.1 Å². The molecule has 1 saturated heterocycles. The summed E-state index contributed by atoms with van der Waals surface area (Å²) in [5, 5.41) is 4.98. The van der Waals surface area contributed by atoms with Crippen molar-refractivity contribution in [3.63, 3.8) is 0 Å². The van der Waals surface area contributed by atoms with Crippen LogP contribution >= 0.6 is 0 Å². The van der Waals surface area contributed by atoms with Gasteiger partial charge in [0.2, 0.25) is 15.9 Å². The van der Waals surface area contributed by atoms with Crippen molar-refractivity contribution in [3.8, 4) is 0 Å². The van der Waals surface area contributed by atoms with Crippen molar-refractivity contribution in [2.75, 3.05) is 40.3 Å². The Kier molecular flexibility index (Phi) is 6.93. The van der Waals surface area contributed by atoms with Crippen LogP contribution in [0.5, 0.6) is 0 Å². The van der Waals surface area contributed by atoms with Crippen molar-refractivity contribution >= 4 is 26.7 Å². The minimum absolute atomic E-state index is 0.0494. The molecule has 3 rings (SSSR count). The van der Waals surface area contributed by atoms with E-state index in [0.717, 1.165) is 17.3 Å². The van der Waals surface area contributed by atoms with Crippen LogP contribution in [0, 0.1) is 11.8 Å². The highest BCUT2D eigenvalue weighted by Crippen LogP contribution is 2.26. The van der Waals surface area contributed by atoms with Crippen LogP contribution in [0.15, 0.2) is 47.4 Å².